The summed E-state index contributed by atoms with van der Waals surface area (Å²) >= 11 is 5.90. The summed E-state index contributed by atoms with van der Waals surface area (Å²) in [4.78, 5) is 2.52. The van der Waals surface area contributed by atoms with Crippen LogP contribution in [0.2, 0.25) is 0 Å². The van der Waals surface area contributed by atoms with Crippen molar-refractivity contribution < 1.29 is 0 Å². The van der Waals surface area contributed by atoms with E-state index < -0.39 is 0 Å². The zero-order valence-electron chi connectivity index (χ0n) is 12.8. The number of anilines is 1. The van der Waals surface area contributed by atoms with Crippen LogP contribution in [-0.2, 0) is 13.0 Å². The van der Waals surface area contributed by atoms with Crippen molar-refractivity contribution >= 4 is 17.3 Å². The van der Waals surface area contributed by atoms with Gasteiger partial charge in [-0.1, -0.05) is 48.5 Å². The Bertz CT molecular complexity index is 585. The zero-order chi connectivity index (χ0) is 15.2. The number of alkyl halides is 1. The van der Waals surface area contributed by atoms with Gasteiger partial charge < -0.3 is 10.2 Å². The van der Waals surface area contributed by atoms with Crippen LogP contribution >= 0.6 is 11.6 Å². The van der Waals surface area contributed by atoms with E-state index in [-0.39, 0.29) is 0 Å². The number of nitrogens with zero attached hydrogens (tertiary/aromatic N) is 1. The van der Waals surface area contributed by atoms with Gasteiger partial charge in [-0.25, -0.2) is 0 Å². The lowest BCUT2D eigenvalue weighted by Gasteiger charge is -2.27. The molecule has 0 aliphatic carbocycles. The quantitative estimate of drug-likeness (QED) is 0.781. The molecule has 1 N–H and O–H groups in total. The predicted octanol–water partition coefficient (Wildman–Crippen LogP) is 3.84. The van der Waals surface area contributed by atoms with Crippen molar-refractivity contribution in [3.05, 3.63) is 65.7 Å². The van der Waals surface area contributed by atoms with E-state index in [9.17, 15) is 0 Å². The second-order valence-corrected chi connectivity index (χ2v) is 6.22. The molecule has 2 nitrogen and oxygen atoms in total. The van der Waals surface area contributed by atoms with Gasteiger partial charge in [0.1, 0.15) is 0 Å². The molecule has 0 bridgehead atoms. The molecule has 2 aromatic carbocycles. The van der Waals surface area contributed by atoms with Gasteiger partial charge >= 0.3 is 0 Å². The van der Waals surface area contributed by atoms with E-state index in [0.717, 1.165) is 38.4 Å². The SMILES string of the molecule is ClCCCN1c2ccccc2CC1CNCc1ccccc1. The van der Waals surface area contributed by atoms with E-state index in [2.05, 4.69) is 64.8 Å². The number of fused-ring (bicyclic) bond motifs is 1. The van der Waals surface area contributed by atoms with Gasteiger partial charge in [0, 0.05) is 37.2 Å². The second kappa shape index (κ2) is 7.66. The normalized spacial score (nSPS) is 16.8. The van der Waals surface area contributed by atoms with Crippen LogP contribution in [0.15, 0.2) is 54.6 Å². The Hall–Kier alpha value is -1.51. The molecule has 0 radical (unpaired) electrons. The van der Waals surface area contributed by atoms with Gasteiger partial charge in [0.25, 0.3) is 0 Å². The molecule has 116 valence electrons. The van der Waals surface area contributed by atoms with E-state index in [4.69, 9.17) is 11.6 Å². The average molecular weight is 315 g/mol. The number of benzene rings is 2. The van der Waals surface area contributed by atoms with E-state index in [1.165, 1.54) is 16.8 Å². The number of halogens is 1. The van der Waals surface area contributed by atoms with Crippen LogP contribution in [0.3, 0.4) is 0 Å². The third kappa shape index (κ3) is 3.63. The lowest BCUT2D eigenvalue weighted by molar-refractivity contribution is 0.548. The van der Waals surface area contributed by atoms with Gasteiger partial charge in [0.2, 0.25) is 0 Å². The maximum atomic E-state index is 5.90. The van der Waals surface area contributed by atoms with Crippen LogP contribution in [0.1, 0.15) is 17.5 Å². The summed E-state index contributed by atoms with van der Waals surface area (Å²) in [7, 11) is 0. The van der Waals surface area contributed by atoms with Crippen molar-refractivity contribution in [1.82, 2.24) is 5.32 Å². The van der Waals surface area contributed by atoms with Gasteiger partial charge in [0.05, 0.1) is 0 Å². The molecule has 1 aliphatic heterocycles. The maximum absolute atomic E-state index is 5.90. The molecule has 0 amide bonds. The summed E-state index contributed by atoms with van der Waals surface area (Å²) in [6.45, 7) is 2.97. The smallest absolute Gasteiger partial charge is 0.0455 e. The molecule has 0 saturated carbocycles. The Labute approximate surface area is 138 Å². The van der Waals surface area contributed by atoms with Crippen molar-refractivity contribution in [2.75, 3.05) is 23.9 Å². The van der Waals surface area contributed by atoms with Crippen molar-refractivity contribution in [3.63, 3.8) is 0 Å². The number of rotatable bonds is 7. The topological polar surface area (TPSA) is 15.3 Å². The monoisotopic (exact) mass is 314 g/mol. The van der Waals surface area contributed by atoms with Crippen molar-refractivity contribution in [2.45, 2.75) is 25.4 Å². The van der Waals surface area contributed by atoms with Gasteiger partial charge in [0.15, 0.2) is 0 Å². The molecule has 1 aliphatic rings. The average Bonchev–Trinajstić information content (AvgIpc) is 2.91. The Morgan fingerprint density at radius 3 is 2.64 bits per heavy atom. The fourth-order valence-electron chi connectivity index (χ4n) is 3.22. The van der Waals surface area contributed by atoms with E-state index in [1.807, 2.05) is 0 Å². The van der Waals surface area contributed by atoms with Crippen LogP contribution in [0, 0.1) is 0 Å². The van der Waals surface area contributed by atoms with Gasteiger partial charge in [-0.05, 0) is 30.0 Å². The van der Waals surface area contributed by atoms with Crippen molar-refractivity contribution in [3.8, 4) is 0 Å². The Morgan fingerprint density at radius 1 is 1.05 bits per heavy atom. The van der Waals surface area contributed by atoms with E-state index >= 15 is 0 Å². The molecule has 1 unspecified atom stereocenters. The summed E-state index contributed by atoms with van der Waals surface area (Å²) in [5.41, 5.74) is 4.19. The molecule has 0 fully saturated rings. The lowest BCUT2D eigenvalue weighted by Crippen LogP contribution is -2.40. The van der Waals surface area contributed by atoms with Crippen molar-refractivity contribution in [1.29, 1.82) is 0 Å². The first-order valence-corrected chi connectivity index (χ1v) is 8.57. The first kappa shape index (κ1) is 15.4. The highest BCUT2D eigenvalue weighted by atomic mass is 35.5. The number of nitrogens with one attached hydrogen (secondary N) is 1. The first-order chi connectivity index (χ1) is 10.9. The van der Waals surface area contributed by atoms with Crippen LogP contribution in [0.5, 0.6) is 0 Å². The molecule has 0 aromatic heterocycles. The summed E-state index contributed by atoms with van der Waals surface area (Å²) in [5, 5.41) is 3.61. The van der Waals surface area contributed by atoms with Crippen LogP contribution in [-0.4, -0.2) is 25.0 Å². The minimum absolute atomic E-state index is 0.532. The van der Waals surface area contributed by atoms with Crippen LogP contribution in [0.25, 0.3) is 0 Å². The maximum Gasteiger partial charge on any atom is 0.0455 e. The number of hydrogen-bond acceptors (Lipinski definition) is 2. The molecule has 1 heterocycles. The molecular formula is C19H23ClN2. The molecule has 0 saturated heterocycles. The highest BCUT2D eigenvalue weighted by Gasteiger charge is 2.27. The molecule has 2 aromatic rings. The third-order valence-corrected chi connectivity index (χ3v) is 4.55. The lowest BCUT2D eigenvalue weighted by atomic mass is 10.1. The molecule has 22 heavy (non-hydrogen) atoms. The zero-order valence-corrected chi connectivity index (χ0v) is 13.6. The highest BCUT2D eigenvalue weighted by molar-refractivity contribution is 6.17. The Balaban J connectivity index is 1.60. The summed E-state index contributed by atoms with van der Waals surface area (Å²) in [6, 6.07) is 19.9. The third-order valence-electron chi connectivity index (χ3n) is 4.28. The van der Waals surface area contributed by atoms with Gasteiger partial charge in [-0.15, -0.1) is 11.6 Å². The second-order valence-electron chi connectivity index (χ2n) is 5.84. The van der Waals surface area contributed by atoms with Gasteiger partial charge in [-0.2, -0.15) is 0 Å². The van der Waals surface area contributed by atoms with E-state index in [0.29, 0.717) is 6.04 Å². The minimum Gasteiger partial charge on any atom is -0.367 e. The van der Waals surface area contributed by atoms with Crippen LogP contribution < -0.4 is 10.2 Å². The summed E-state index contributed by atoms with van der Waals surface area (Å²) in [6.07, 6.45) is 2.16. The summed E-state index contributed by atoms with van der Waals surface area (Å²) < 4.78 is 0. The molecular weight excluding hydrogens is 292 g/mol. The fourth-order valence-corrected chi connectivity index (χ4v) is 3.34. The van der Waals surface area contributed by atoms with Crippen molar-refractivity contribution in [2.24, 2.45) is 0 Å². The van der Waals surface area contributed by atoms with E-state index in [1.54, 1.807) is 0 Å². The molecule has 1 atom stereocenters. The predicted molar refractivity (Wildman–Crippen MR) is 94.8 cm³/mol. The highest BCUT2D eigenvalue weighted by Crippen LogP contribution is 2.31. The minimum atomic E-state index is 0.532. The van der Waals surface area contributed by atoms with Crippen LogP contribution in [0.4, 0.5) is 5.69 Å². The van der Waals surface area contributed by atoms with Gasteiger partial charge in [-0.3, -0.25) is 0 Å². The summed E-state index contributed by atoms with van der Waals surface area (Å²) in [5.74, 6) is 0.725. The molecule has 3 heteroatoms. The standard InChI is InChI=1S/C19H23ClN2/c20-11-6-12-22-18(13-17-9-4-5-10-19(17)22)15-21-14-16-7-2-1-3-8-16/h1-5,7-10,18,21H,6,11-15H2. The fraction of sp³-hybridized carbons (Fsp3) is 0.368. The first-order valence-electron chi connectivity index (χ1n) is 8.03. The number of para-hydroxylation sites is 1. The number of hydrogen-bond donors (Lipinski definition) is 1. The molecule has 0 spiro atoms. The Morgan fingerprint density at radius 2 is 1.82 bits per heavy atom. The largest absolute Gasteiger partial charge is 0.367 e. The Kier molecular flexibility index (Phi) is 5.36. The molecule has 3 rings (SSSR count).